The van der Waals surface area contributed by atoms with E-state index in [9.17, 15) is 4.79 Å². The van der Waals surface area contributed by atoms with Gasteiger partial charge in [-0.1, -0.05) is 6.08 Å². The van der Waals surface area contributed by atoms with Crippen molar-refractivity contribution in [1.29, 1.82) is 0 Å². The van der Waals surface area contributed by atoms with Crippen molar-refractivity contribution >= 4 is 11.6 Å². The number of fused-ring (bicyclic) bond motifs is 1. The first kappa shape index (κ1) is 18.2. The van der Waals surface area contributed by atoms with Gasteiger partial charge in [-0.2, -0.15) is 0 Å². The van der Waals surface area contributed by atoms with E-state index in [2.05, 4.69) is 36.9 Å². The second-order valence-corrected chi connectivity index (χ2v) is 8.52. The van der Waals surface area contributed by atoms with Gasteiger partial charge in [0.25, 0.3) is 5.91 Å². The number of pyridine rings is 1. The van der Waals surface area contributed by atoms with Crippen molar-refractivity contribution in [3.05, 3.63) is 64.8 Å². The summed E-state index contributed by atoms with van der Waals surface area (Å²) >= 11 is 0. The van der Waals surface area contributed by atoms with Crippen LogP contribution in [0.3, 0.4) is 0 Å². The minimum atomic E-state index is 0.117. The van der Waals surface area contributed by atoms with Gasteiger partial charge in [0.15, 0.2) is 0 Å². The quantitative estimate of drug-likeness (QED) is 0.854. The Kier molecular flexibility index (Phi) is 4.49. The van der Waals surface area contributed by atoms with E-state index < -0.39 is 0 Å². The molecule has 3 aliphatic rings. The molecule has 2 aliphatic heterocycles. The van der Waals surface area contributed by atoms with Crippen LogP contribution in [0.2, 0.25) is 0 Å². The summed E-state index contributed by atoms with van der Waals surface area (Å²) in [5.41, 5.74) is 4.05. The van der Waals surface area contributed by atoms with E-state index in [1.54, 1.807) is 6.20 Å². The van der Waals surface area contributed by atoms with Gasteiger partial charge >= 0.3 is 0 Å². The van der Waals surface area contributed by atoms with Crippen LogP contribution in [-0.4, -0.2) is 51.9 Å². The summed E-state index contributed by atoms with van der Waals surface area (Å²) < 4.78 is 0. The Labute approximate surface area is 170 Å². The SMILES string of the molecule is Cc1ncccc1C(=O)N1CCN(\C2=c3/cc[nH]/c3=N\C=C/CC2)CC2(CC2)C1. The molecule has 2 aromatic heterocycles. The molecule has 150 valence electrons. The molecule has 1 aliphatic carbocycles. The number of hydrogen-bond acceptors (Lipinski definition) is 4. The first-order chi connectivity index (χ1) is 14.2. The number of nitrogens with zero attached hydrogens (tertiary/aromatic N) is 4. The van der Waals surface area contributed by atoms with Crippen LogP contribution >= 0.6 is 0 Å². The number of carbonyl (C=O) groups excluding carboxylic acids is 1. The van der Waals surface area contributed by atoms with E-state index in [0.717, 1.165) is 55.8 Å². The maximum absolute atomic E-state index is 13.3. The average molecular weight is 390 g/mol. The zero-order valence-electron chi connectivity index (χ0n) is 16.9. The van der Waals surface area contributed by atoms with Crippen molar-refractivity contribution < 1.29 is 4.79 Å². The Morgan fingerprint density at radius 1 is 1.21 bits per heavy atom. The standard InChI is InChI=1S/C23H27N5O/c1-17-18(5-4-11-24-17)22(29)28-14-13-27(15-23(16-28)8-9-23)20-6-2-3-10-25-21-19(20)7-12-26-21/h3-5,7,10-12H,2,6,8-9,13-16H2,1H3,(H,25,26)/b10-3-,20-19+. The van der Waals surface area contributed by atoms with Gasteiger partial charge in [-0.3, -0.25) is 9.78 Å². The fourth-order valence-corrected chi connectivity index (χ4v) is 4.62. The van der Waals surface area contributed by atoms with Crippen molar-refractivity contribution in [3.63, 3.8) is 0 Å². The molecule has 1 saturated heterocycles. The van der Waals surface area contributed by atoms with Gasteiger partial charge in [-0.15, -0.1) is 0 Å². The summed E-state index contributed by atoms with van der Waals surface area (Å²) in [6.07, 6.45) is 12.1. The van der Waals surface area contributed by atoms with Gasteiger partial charge in [0.1, 0.15) is 5.49 Å². The molecule has 1 N–H and O–H groups in total. The van der Waals surface area contributed by atoms with E-state index in [4.69, 9.17) is 0 Å². The number of allylic oxidation sites excluding steroid dienone is 1. The Morgan fingerprint density at radius 2 is 2.10 bits per heavy atom. The van der Waals surface area contributed by atoms with E-state index >= 15 is 0 Å². The largest absolute Gasteiger partial charge is 0.372 e. The highest BCUT2D eigenvalue weighted by Crippen LogP contribution is 2.48. The van der Waals surface area contributed by atoms with Crippen molar-refractivity contribution in [2.45, 2.75) is 32.6 Å². The smallest absolute Gasteiger partial charge is 0.255 e. The molecule has 2 fully saturated rings. The fraction of sp³-hybridized carbons (Fsp3) is 0.435. The highest BCUT2D eigenvalue weighted by molar-refractivity contribution is 5.95. The van der Waals surface area contributed by atoms with Gasteiger partial charge in [0.2, 0.25) is 0 Å². The first-order valence-corrected chi connectivity index (χ1v) is 10.5. The zero-order chi connectivity index (χ0) is 19.8. The van der Waals surface area contributed by atoms with Crippen LogP contribution < -0.4 is 10.7 Å². The maximum atomic E-state index is 13.3. The normalized spacial score (nSPS) is 24.7. The zero-order valence-corrected chi connectivity index (χ0v) is 16.9. The molecule has 1 spiro atoms. The van der Waals surface area contributed by atoms with Crippen molar-refractivity contribution in [1.82, 2.24) is 19.8 Å². The number of H-pyrrole nitrogens is 1. The van der Waals surface area contributed by atoms with Crippen LogP contribution in [0.5, 0.6) is 0 Å². The summed E-state index contributed by atoms with van der Waals surface area (Å²) in [6, 6.07) is 5.89. The Hall–Kier alpha value is -2.89. The molecule has 1 amide bonds. The highest BCUT2D eigenvalue weighted by Gasteiger charge is 2.48. The average Bonchev–Trinajstić information content (AvgIpc) is 3.37. The molecule has 6 heteroatoms. The lowest BCUT2D eigenvalue weighted by atomic mass is 10.0. The summed E-state index contributed by atoms with van der Waals surface area (Å²) in [5.74, 6) is 0.117. The van der Waals surface area contributed by atoms with Crippen molar-refractivity contribution in [2.24, 2.45) is 10.4 Å². The first-order valence-electron chi connectivity index (χ1n) is 10.5. The predicted octanol–water partition coefficient (Wildman–Crippen LogP) is 1.99. The molecule has 0 atom stereocenters. The molecule has 5 rings (SSSR count). The summed E-state index contributed by atoms with van der Waals surface area (Å²) in [6.45, 7) is 5.38. The molecule has 6 nitrogen and oxygen atoms in total. The summed E-state index contributed by atoms with van der Waals surface area (Å²) in [5, 5.41) is 1.20. The molecule has 0 aromatic carbocycles. The number of rotatable bonds is 2. The van der Waals surface area contributed by atoms with E-state index in [0.29, 0.717) is 0 Å². The van der Waals surface area contributed by atoms with Crippen LogP contribution in [0.15, 0.2) is 47.9 Å². The third kappa shape index (κ3) is 3.48. The topological polar surface area (TPSA) is 64.6 Å². The third-order valence-electron chi connectivity index (χ3n) is 6.45. The molecular formula is C23H27N5O. The van der Waals surface area contributed by atoms with Crippen LogP contribution in [0, 0.1) is 12.3 Å². The highest BCUT2D eigenvalue weighted by atomic mass is 16.2. The number of aromatic amines is 1. The minimum Gasteiger partial charge on any atom is -0.372 e. The fourth-order valence-electron chi connectivity index (χ4n) is 4.62. The molecule has 0 unspecified atom stereocenters. The van der Waals surface area contributed by atoms with E-state index in [1.165, 1.54) is 23.8 Å². The second-order valence-electron chi connectivity index (χ2n) is 8.52. The maximum Gasteiger partial charge on any atom is 0.255 e. The lowest BCUT2D eigenvalue weighted by Crippen LogP contribution is -2.38. The molecule has 0 bridgehead atoms. The number of carbonyl (C=O) groups is 1. The monoisotopic (exact) mass is 389 g/mol. The van der Waals surface area contributed by atoms with Gasteiger partial charge in [0, 0.05) is 66.8 Å². The number of nitrogens with one attached hydrogen (secondary N) is 1. The number of aryl methyl sites for hydroxylation is 1. The van der Waals surface area contributed by atoms with Crippen LogP contribution in [0.4, 0.5) is 0 Å². The second kappa shape index (κ2) is 7.17. The molecule has 1 saturated carbocycles. The Bertz CT molecular complexity index is 1080. The van der Waals surface area contributed by atoms with Crippen LogP contribution in [0.1, 0.15) is 41.7 Å². The number of aromatic nitrogens is 2. The van der Waals surface area contributed by atoms with E-state index in [-0.39, 0.29) is 11.3 Å². The van der Waals surface area contributed by atoms with Crippen molar-refractivity contribution in [3.8, 4) is 0 Å². The minimum absolute atomic E-state index is 0.117. The van der Waals surface area contributed by atoms with Crippen LogP contribution in [0.25, 0.3) is 5.70 Å². The molecule has 0 radical (unpaired) electrons. The summed E-state index contributed by atoms with van der Waals surface area (Å²) in [7, 11) is 0. The lowest BCUT2D eigenvalue weighted by molar-refractivity contribution is 0.0739. The van der Waals surface area contributed by atoms with Crippen molar-refractivity contribution in [2.75, 3.05) is 26.2 Å². The molecule has 29 heavy (non-hydrogen) atoms. The number of hydrogen-bond donors (Lipinski definition) is 1. The Balaban J connectivity index is 1.47. The van der Waals surface area contributed by atoms with Gasteiger partial charge in [-0.05, 0) is 50.8 Å². The van der Waals surface area contributed by atoms with Gasteiger partial charge < -0.3 is 14.8 Å². The number of amides is 1. The van der Waals surface area contributed by atoms with E-state index in [1.807, 2.05) is 31.5 Å². The summed E-state index contributed by atoms with van der Waals surface area (Å²) in [4.78, 5) is 30.0. The molecule has 4 heterocycles. The third-order valence-corrected chi connectivity index (χ3v) is 6.45. The van der Waals surface area contributed by atoms with Gasteiger partial charge in [0.05, 0.1) is 5.56 Å². The molecule has 2 aromatic rings. The Morgan fingerprint density at radius 3 is 2.93 bits per heavy atom. The van der Waals surface area contributed by atoms with Gasteiger partial charge in [-0.25, -0.2) is 4.99 Å². The lowest BCUT2D eigenvalue weighted by Gasteiger charge is -2.28. The molecular weight excluding hydrogens is 362 g/mol. The predicted molar refractivity (Wildman–Crippen MR) is 111 cm³/mol. The van der Waals surface area contributed by atoms with Crippen LogP contribution in [-0.2, 0) is 0 Å².